The standard InChI is InChI=1S/C24H25FO3S/c1-16-21(13-17-5-8-19(29-2)9-6-17)20-10-7-18(25)14-23(20)22(16)15-24(27)28-12-4-3-11-26/h5-10,13-14,26H,3-4,11-12,15H2,1-2H3/b21-13-. The smallest absolute Gasteiger partial charge is 0.310 e. The van der Waals surface area contributed by atoms with Crippen LogP contribution >= 0.6 is 11.8 Å². The van der Waals surface area contributed by atoms with Crippen molar-refractivity contribution in [3.8, 4) is 0 Å². The van der Waals surface area contributed by atoms with Crippen LogP contribution in [-0.2, 0) is 9.53 Å². The van der Waals surface area contributed by atoms with Gasteiger partial charge in [-0.1, -0.05) is 18.2 Å². The Bertz CT molecular complexity index is 945. The van der Waals surface area contributed by atoms with Crippen LogP contribution in [0.25, 0.3) is 17.2 Å². The Morgan fingerprint density at radius 3 is 2.59 bits per heavy atom. The minimum absolute atomic E-state index is 0.0839. The summed E-state index contributed by atoms with van der Waals surface area (Å²) >= 11 is 1.69. The summed E-state index contributed by atoms with van der Waals surface area (Å²) in [5.41, 5.74) is 5.51. The van der Waals surface area contributed by atoms with E-state index >= 15 is 0 Å². The third kappa shape index (κ3) is 5.17. The lowest BCUT2D eigenvalue weighted by Crippen LogP contribution is -2.07. The van der Waals surface area contributed by atoms with Gasteiger partial charge in [-0.15, -0.1) is 11.8 Å². The number of thioether (sulfide) groups is 1. The predicted molar refractivity (Wildman–Crippen MR) is 117 cm³/mol. The minimum atomic E-state index is -0.335. The predicted octanol–water partition coefficient (Wildman–Crippen LogP) is 5.58. The summed E-state index contributed by atoms with van der Waals surface area (Å²) in [7, 11) is 0. The van der Waals surface area contributed by atoms with Gasteiger partial charge in [-0.05, 0) is 89.8 Å². The van der Waals surface area contributed by atoms with Gasteiger partial charge in [0.25, 0.3) is 0 Å². The van der Waals surface area contributed by atoms with Crippen LogP contribution in [0.4, 0.5) is 4.39 Å². The highest BCUT2D eigenvalue weighted by atomic mass is 32.2. The Kier molecular flexibility index (Phi) is 7.29. The van der Waals surface area contributed by atoms with Gasteiger partial charge in [-0.3, -0.25) is 4.79 Å². The first kappa shape index (κ1) is 21.3. The summed E-state index contributed by atoms with van der Waals surface area (Å²) in [5, 5.41) is 8.82. The van der Waals surface area contributed by atoms with Gasteiger partial charge in [0.1, 0.15) is 5.82 Å². The van der Waals surface area contributed by atoms with Crippen LogP contribution in [0.2, 0.25) is 0 Å². The maximum atomic E-state index is 13.9. The average molecular weight is 413 g/mol. The number of aliphatic hydroxyl groups is 1. The van der Waals surface area contributed by atoms with Crippen LogP contribution in [-0.4, -0.2) is 30.5 Å². The molecule has 0 spiro atoms. The number of ether oxygens (including phenoxy) is 1. The van der Waals surface area contributed by atoms with Gasteiger partial charge < -0.3 is 9.84 Å². The molecule has 29 heavy (non-hydrogen) atoms. The van der Waals surface area contributed by atoms with Crippen molar-refractivity contribution in [1.82, 2.24) is 0 Å². The van der Waals surface area contributed by atoms with E-state index in [0.717, 1.165) is 33.4 Å². The number of fused-ring (bicyclic) bond motifs is 1. The number of halogens is 1. The molecule has 0 amide bonds. The van der Waals surface area contributed by atoms with E-state index in [1.165, 1.54) is 17.0 Å². The fourth-order valence-electron chi connectivity index (χ4n) is 3.44. The lowest BCUT2D eigenvalue weighted by molar-refractivity contribution is -0.142. The fraction of sp³-hybridized carbons (Fsp3) is 0.292. The largest absolute Gasteiger partial charge is 0.465 e. The summed E-state index contributed by atoms with van der Waals surface area (Å²) in [6.07, 6.45) is 5.45. The van der Waals surface area contributed by atoms with E-state index in [0.29, 0.717) is 12.8 Å². The molecule has 3 nitrogen and oxygen atoms in total. The van der Waals surface area contributed by atoms with Crippen LogP contribution in [0.15, 0.2) is 52.9 Å². The van der Waals surface area contributed by atoms with Crippen molar-refractivity contribution in [2.75, 3.05) is 19.5 Å². The number of aliphatic hydroxyl groups excluding tert-OH is 1. The van der Waals surface area contributed by atoms with E-state index in [1.807, 2.05) is 13.2 Å². The van der Waals surface area contributed by atoms with Crippen molar-refractivity contribution in [2.24, 2.45) is 0 Å². The van der Waals surface area contributed by atoms with Crippen LogP contribution in [0.5, 0.6) is 0 Å². The van der Waals surface area contributed by atoms with Crippen molar-refractivity contribution in [3.63, 3.8) is 0 Å². The molecule has 3 rings (SSSR count). The van der Waals surface area contributed by atoms with Crippen LogP contribution in [0, 0.1) is 5.82 Å². The van der Waals surface area contributed by atoms with Crippen molar-refractivity contribution in [2.45, 2.75) is 31.1 Å². The summed E-state index contributed by atoms with van der Waals surface area (Å²) < 4.78 is 19.2. The number of hydrogen-bond acceptors (Lipinski definition) is 4. The normalized spacial score (nSPS) is 14.4. The monoisotopic (exact) mass is 412 g/mol. The first-order valence-electron chi connectivity index (χ1n) is 9.66. The number of unbranched alkanes of at least 4 members (excludes halogenated alkanes) is 1. The molecule has 0 saturated carbocycles. The molecule has 1 aliphatic rings. The van der Waals surface area contributed by atoms with Crippen molar-refractivity contribution < 1.29 is 19.0 Å². The summed E-state index contributed by atoms with van der Waals surface area (Å²) in [5.74, 6) is -0.658. The van der Waals surface area contributed by atoms with Gasteiger partial charge in [-0.25, -0.2) is 4.39 Å². The maximum Gasteiger partial charge on any atom is 0.310 e. The molecule has 0 aromatic heterocycles. The number of benzene rings is 2. The molecule has 152 valence electrons. The number of rotatable bonds is 8. The van der Waals surface area contributed by atoms with E-state index in [9.17, 15) is 9.18 Å². The van der Waals surface area contributed by atoms with Gasteiger partial charge in [0, 0.05) is 11.5 Å². The zero-order valence-corrected chi connectivity index (χ0v) is 17.5. The second-order valence-electron chi connectivity index (χ2n) is 6.95. The highest BCUT2D eigenvalue weighted by Crippen LogP contribution is 2.44. The number of carbonyl (C=O) groups is 1. The van der Waals surface area contributed by atoms with Gasteiger partial charge in [0.2, 0.25) is 0 Å². The Balaban J connectivity index is 1.89. The van der Waals surface area contributed by atoms with E-state index in [4.69, 9.17) is 9.84 Å². The lowest BCUT2D eigenvalue weighted by Gasteiger charge is -2.07. The molecular formula is C24H25FO3S. The van der Waals surface area contributed by atoms with E-state index in [2.05, 4.69) is 30.3 Å². The van der Waals surface area contributed by atoms with Crippen LogP contribution in [0.1, 0.15) is 42.9 Å². The van der Waals surface area contributed by atoms with E-state index in [1.54, 1.807) is 17.8 Å². The first-order chi connectivity index (χ1) is 14.0. The van der Waals surface area contributed by atoms with Crippen molar-refractivity contribution in [1.29, 1.82) is 0 Å². The molecular weight excluding hydrogens is 387 g/mol. The molecule has 0 atom stereocenters. The Morgan fingerprint density at radius 2 is 1.90 bits per heavy atom. The number of allylic oxidation sites excluding steroid dienone is 2. The molecule has 0 saturated heterocycles. The molecule has 0 unspecified atom stereocenters. The van der Waals surface area contributed by atoms with Crippen molar-refractivity contribution >= 4 is 35.0 Å². The number of esters is 1. The fourth-order valence-corrected chi connectivity index (χ4v) is 3.85. The molecule has 0 radical (unpaired) electrons. The number of carbonyl (C=O) groups excluding carboxylic acids is 1. The second-order valence-corrected chi connectivity index (χ2v) is 7.83. The molecule has 0 aliphatic heterocycles. The third-order valence-electron chi connectivity index (χ3n) is 5.02. The number of hydrogen-bond donors (Lipinski definition) is 1. The molecule has 0 heterocycles. The first-order valence-corrected chi connectivity index (χ1v) is 10.9. The van der Waals surface area contributed by atoms with Gasteiger partial charge >= 0.3 is 5.97 Å². The third-order valence-corrected chi connectivity index (χ3v) is 5.76. The quantitative estimate of drug-likeness (QED) is 0.349. The SMILES string of the molecule is CSc1ccc(/C=C2/C(C)=C(CC(=O)OCCCCO)c3cc(F)ccc32)cc1. The highest BCUT2D eigenvalue weighted by molar-refractivity contribution is 7.98. The zero-order valence-electron chi connectivity index (χ0n) is 16.7. The summed E-state index contributed by atoms with van der Waals surface area (Å²) in [6.45, 7) is 2.33. The minimum Gasteiger partial charge on any atom is -0.465 e. The lowest BCUT2D eigenvalue weighted by atomic mass is 10.0. The van der Waals surface area contributed by atoms with Crippen molar-refractivity contribution in [3.05, 3.63) is 70.5 Å². The maximum absolute atomic E-state index is 13.9. The summed E-state index contributed by atoms with van der Waals surface area (Å²) in [6, 6.07) is 13.0. The second kappa shape index (κ2) is 9.90. The van der Waals surface area contributed by atoms with E-state index < -0.39 is 0 Å². The molecule has 2 aromatic rings. The van der Waals surface area contributed by atoms with Crippen LogP contribution in [0.3, 0.4) is 0 Å². The highest BCUT2D eigenvalue weighted by Gasteiger charge is 2.26. The van der Waals surface area contributed by atoms with Gasteiger partial charge in [0.15, 0.2) is 0 Å². The van der Waals surface area contributed by atoms with E-state index in [-0.39, 0.29) is 31.4 Å². The van der Waals surface area contributed by atoms with Gasteiger partial charge in [-0.2, -0.15) is 0 Å². The summed E-state index contributed by atoms with van der Waals surface area (Å²) in [4.78, 5) is 13.5. The topological polar surface area (TPSA) is 46.5 Å². The zero-order chi connectivity index (χ0) is 20.8. The molecule has 1 aliphatic carbocycles. The van der Waals surface area contributed by atoms with Crippen LogP contribution < -0.4 is 0 Å². The Morgan fingerprint density at radius 1 is 1.14 bits per heavy atom. The molecule has 1 N–H and O–H groups in total. The molecule has 5 heteroatoms. The molecule has 2 aromatic carbocycles. The average Bonchev–Trinajstić information content (AvgIpc) is 2.97. The molecule has 0 bridgehead atoms. The molecule has 0 fully saturated rings. The van der Waals surface area contributed by atoms with Gasteiger partial charge in [0.05, 0.1) is 13.0 Å². The Hall–Kier alpha value is -2.37. The Labute approximate surface area is 175 Å².